The summed E-state index contributed by atoms with van der Waals surface area (Å²) >= 11 is 1.31. The van der Waals surface area contributed by atoms with E-state index in [0.29, 0.717) is 17.5 Å². The minimum absolute atomic E-state index is 0.0617. The van der Waals surface area contributed by atoms with Crippen LogP contribution in [0.5, 0.6) is 0 Å². The summed E-state index contributed by atoms with van der Waals surface area (Å²) in [5, 5.41) is 3.22. The molecule has 24 heavy (non-hydrogen) atoms. The van der Waals surface area contributed by atoms with Gasteiger partial charge < -0.3 is 5.32 Å². The number of hydrogen-bond acceptors (Lipinski definition) is 5. The molecule has 2 aromatic rings. The van der Waals surface area contributed by atoms with Gasteiger partial charge in [0.2, 0.25) is 5.91 Å². The molecule has 0 fully saturated rings. The fraction of sp³-hybridized carbons (Fsp3) is 0.500. The summed E-state index contributed by atoms with van der Waals surface area (Å²) in [5.74, 6) is 0.111. The van der Waals surface area contributed by atoms with Crippen molar-refractivity contribution < 1.29 is 4.79 Å². The van der Waals surface area contributed by atoms with Crippen molar-refractivity contribution in [2.45, 2.75) is 38.1 Å². The van der Waals surface area contributed by atoms with Gasteiger partial charge >= 0.3 is 5.69 Å². The highest BCUT2D eigenvalue weighted by Crippen LogP contribution is 2.28. The highest BCUT2D eigenvalue weighted by molar-refractivity contribution is 8.00. The number of hydrogen-bond donors (Lipinski definition) is 1. The number of fused-ring (bicyclic) bond motifs is 1. The van der Waals surface area contributed by atoms with E-state index in [1.165, 1.54) is 23.4 Å². The zero-order valence-electron chi connectivity index (χ0n) is 14.5. The number of rotatable bonds is 5. The first-order chi connectivity index (χ1) is 11.3. The Balaban J connectivity index is 2.60. The minimum atomic E-state index is -0.419. The van der Waals surface area contributed by atoms with Gasteiger partial charge in [-0.2, -0.15) is 0 Å². The molecule has 1 N–H and O–H groups in total. The van der Waals surface area contributed by atoms with Gasteiger partial charge in [0.05, 0.1) is 11.1 Å². The molecule has 0 saturated heterocycles. The largest absolute Gasteiger partial charge is 0.353 e. The van der Waals surface area contributed by atoms with E-state index in [4.69, 9.17) is 0 Å². The molecule has 0 radical (unpaired) electrons. The van der Waals surface area contributed by atoms with Gasteiger partial charge in [0, 0.05) is 31.2 Å². The molecule has 0 bridgehead atoms. The van der Waals surface area contributed by atoms with Crippen molar-refractivity contribution in [1.29, 1.82) is 0 Å². The Morgan fingerprint density at radius 3 is 2.54 bits per heavy atom. The maximum absolute atomic E-state index is 12.6. The SMILES string of the molecule is CCc1cnc2c(c1SCC(=O)NC(C)C)c(=O)n(C)c(=O)n2C. The van der Waals surface area contributed by atoms with Crippen LogP contribution in [-0.4, -0.2) is 31.8 Å². The summed E-state index contributed by atoms with van der Waals surface area (Å²) in [6, 6.07) is 0.0617. The lowest BCUT2D eigenvalue weighted by Crippen LogP contribution is -2.37. The second-order valence-electron chi connectivity index (χ2n) is 5.88. The Hall–Kier alpha value is -2.09. The zero-order valence-corrected chi connectivity index (χ0v) is 15.4. The predicted octanol–water partition coefficient (Wildman–Crippen LogP) is 0.811. The van der Waals surface area contributed by atoms with Crippen LogP contribution in [0, 0.1) is 0 Å². The third-order valence-corrected chi connectivity index (χ3v) is 4.83. The van der Waals surface area contributed by atoms with Gasteiger partial charge in [-0.1, -0.05) is 6.92 Å². The first kappa shape index (κ1) is 18.3. The van der Waals surface area contributed by atoms with E-state index in [1.54, 1.807) is 13.2 Å². The van der Waals surface area contributed by atoms with Crippen LogP contribution in [0.25, 0.3) is 11.0 Å². The third-order valence-electron chi connectivity index (χ3n) is 3.67. The number of pyridine rings is 1. The van der Waals surface area contributed by atoms with Gasteiger partial charge in [-0.25, -0.2) is 9.78 Å². The Bertz CT molecular complexity index is 899. The smallest absolute Gasteiger partial charge is 0.332 e. The molecule has 0 saturated carbocycles. The van der Waals surface area contributed by atoms with E-state index in [2.05, 4.69) is 10.3 Å². The zero-order chi connectivity index (χ0) is 18.0. The Morgan fingerprint density at radius 1 is 1.29 bits per heavy atom. The highest BCUT2D eigenvalue weighted by Gasteiger charge is 2.18. The molecule has 0 unspecified atom stereocenters. The molecule has 2 heterocycles. The van der Waals surface area contributed by atoms with E-state index in [9.17, 15) is 14.4 Å². The van der Waals surface area contributed by atoms with E-state index in [-0.39, 0.29) is 23.3 Å². The standard InChI is InChI=1S/C16H22N4O3S/c1-6-10-7-17-14-12(15(22)20(5)16(23)19(14)4)13(10)24-8-11(21)18-9(2)3/h7,9H,6,8H2,1-5H3,(H,18,21). The van der Waals surface area contributed by atoms with Crippen molar-refractivity contribution in [3.63, 3.8) is 0 Å². The third kappa shape index (κ3) is 3.38. The fourth-order valence-corrected chi connectivity index (χ4v) is 3.52. The topological polar surface area (TPSA) is 86.0 Å². The summed E-state index contributed by atoms with van der Waals surface area (Å²) < 4.78 is 2.43. The van der Waals surface area contributed by atoms with Gasteiger partial charge in [0.25, 0.3) is 5.56 Å². The molecule has 2 aromatic heterocycles. The summed E-state index contributed by atoms with van der Waals surface area (Å²) in [4.78, 5) is 41.6. The summed E-state index contributed by atoms with van der Waals surface area (Å²) in [6.07, 6.45) is 2.35. The lowest BCUT2D eigenvalue weighted by atomic mass is 10.2. The number of thioether (sulfide) groups is 1. The van der Waals surface area contributed by atoms with Crippen LogP contribution >= 0.6 is 11.8 Å². The number of carbonyl (C=O) groups excluding carboxylic acids is 1. The molecule has 8 heteroatoms. The molecule has 0 aliphatic heterocycles. The maximum atomic E-state index is 12.6. The maximum Gasteiger partial charge on any atom is 0.332 e. The van der Waals surface area contributed by atoms with Crippen molar-refractivity contribution in [1.82, 2.24) is 19.4 Å². The minimum Gasteiger partial charge on any atom is -0.353 e. The molecule has 0 aliphatic rings. The monoisotopic (exact) mass is 350 g/mol. The van der Waals surface area contributed by atoms with E-state index < -0.39 is 5.69 Å². The summed E-state index contributed by atoms with van der Waals surface area (Å²) in [6.45, 7) is 5.76. The van der Waals surface area contributed by atoms with Gasteiger partial charge in [0.15, 0.2) is 0 Å². The molecule has 130 valence electrons. The predicted molar refractivity (Wildman–Crippen MR) is 95.6 cm³/mol. The van der Waals surface area contributed by atoms with Gasteiger partial charge in [-0.15, -0.1) is 11.8 Å². The second-order valence-corrected chi connectivity index (χ2v) is 6.87. The molecule has 0 atom stereocenters. The summed E-state index contributed by atoms with van der Waals surface area (Å²) in [5.41, 5.74) is 0.424. The average molecular weight is 350 g/mol. The number of carbonyl (C=O) groups is 1. The fourth-order valence-electron chi connectivity index (χ4n) is 2.46. The van der Waals surface area contributed by atoms with Crippen LogP contribution in [0.3, 0.4) is 0 Å². The molecular weight excluding hydrogens is 328 g/mol. The lowest BCUT2D eigenvalue weighted by Gasteiger charge is -2.14. The number of amides is 1. The van der Waals surface area contributed by atoms with Crippen LogP contribution in [0.1, 0.15) is 26.3 Å². The number of aromatic nitrogens is 3. The van der Waals surface area contributed by atoms with E-state index in [1.807, 2.05) is 20.8 Å². The Labute approximate surface area is 144 Å². The Morgan fingerprint density at radius 2 is 1.96 bits per heavy atom. The van der Waals surface area contributed by atoms with Crippen molar-refractivity contribution in [3.8, 4) is 0 Å². The molecule has 0 aliphatic carbocycles. The molecule has 0 spiro atoms. The molecule has 0 aromatic carbocycles. The van der Waals surface area contributed by atoms with Crippen molar-refractivity contribution in [2.24, 2.45) is 14.1 Å². The van der Waals surface area contributed by atoms with Gasteiger partial charge in [0.1, 0.15) is 5.65 Å². The van der Waals surface area contributed by atoms with Crippen LogP contribution < -0.4 is 16.6 Å². The molecular formula is C16H22N4O3S. The van der Waals surface area contributed by atoms with Crippen molar-refractivity contribution in [2.75, 3.05) is 5.75 Å². The quantitative estimate of drug-likeness (QED) is 0.807. The Kier molecular flexibility index (Phi) is 5.48. The first-order valence-corrected chi connectivity index (χ1v) is 8.76. The van der Waals surface area contributed by atoms with Crippen LogP contribution in [-0.2, 0) is 25.3 Å². The lowest BCUT2D eigenvalue weighted by molar-refractivity contribution is -0.119. The first-order valence-electron chi connectivity index (χ1n) is 7.77. The normalized spacial score (nSPS) is 11.2. The van der Waals surface area contributed by atoms with E-state index >= 15 is 0 Å². The highest BCUT2D eigenvalue weighted by atomic mass is 32.2. The van der Waals surface area contributed by atoms with Crippen LogP contribution in [0.15, 0.2) is 20.7 Å². The van der Waals surface area contributed by atoms with Crippen LogP contribution in [0.2, 0.25) is 0 Å². The van der Waals surface area contributed by atoms with Crippen molar-refractivity contribution in [3.05, 3.63) is 32.6 Å². The van der Waals surface area contributed by atoms with E-state index in [0.717, 1.165) is 15.0 Å². The molecule has 2 rings (SSSR count). The number of aryl methyl sites for hydroxylation is 2. The van der Waals surface area contributed by atoms with Crippen molar-refractivity contribution >= 4 is 28.7 Å². The van der Waals surface area contributed by atoms with Gasteiger partial charge in [-0.05, 0) is 25.8 Å². The summed E-state index contributed by atoms with van der Waals surface area (Å²) in [7, 11) is 3.03. The average Bonchev–Trinajstić information content (AvgIpc) is 2.54. The number of nitrogens with zero attached hydrogens (tertiary/aromatic N) is 3. The molecule has 1 amide bonds. The number of nitrogens with one attached hydrogen (secondary N) is 1. The van der Waals surface area contributed by atoms with Gasteiger partial charge in [-0.3, -0.25) is 18.7 Å². The van der Waals surface area contributed by atoms with Crippen LogP contribution in [0.4, 0.5) is 0 Å². The second kappa shape index (κ2) is 7.21. The molecule has 7 nitrogen and oxygen atoms in total.